The molecule has 146 valence electrons. The SMILES string of the molecule is CN1CCC(N2C[C@H](Cn3cncn3)OC[C@@H]2Cc2ccc(Cl)cc2)CC1. The minimum Gasteiger partial charge on any atom is -0.373 e. The van der Waals surface area contributed by atoms with E-state index in [0.29, 0.717) is 12.1 Å². The molecule has 2 fully saturated rings. The van der Waals surface area contributed by atoms with Crippen LogP contribution in [0.25, 0.3) is 0 Å². The van der Waals surface area contributed by atoms with Crippen molar-refractivity contribution in [2.45, 2.75) is 44.0 Å². The van der Waals surface area contributed by atoms with Crippen molar-refractivity contribution in [1.82, 2.24) is 24.6 Å². The Hall–Kier alpha value is -1.47. The zero-order valence-electron chi connectivity index (χ0n) is 15.9. The molecule has 0 bridgehead atoms. The van der Waals surface area contributed by atoms with Crippen molar-refractivity contribution in [3.63, 3.8) is 0 Å². The van der Waals surface area contributed by atoms with Crippen LogP contribution in [0.3, 0.4) is 0 Å². The highest BCUT2D eigenvalue weighted by atomic mass is 35.5. The second kappa shape index (κ2) is 8.69. The predicted molar refractivity (Wildman–Crippen MR) is 106 cm³/mol. The molecule has 2 aliphatic rings. The van der Waals surface area contributed by atoms with Crippen molar-refractivity contribution >= 4 is 11.6 Å². The van der Waals surface area contributed by atoms with Crippen LogP contribution in [-0.4, -0.2) is 76.0 Å². The van der Waals surface area contributed by atoms with Crippen molar-refractivity contribution in [2.75, 3.05) is 33.3 Å². The van der Waals surface area contributed by atoms with E-state index in [4.69, 9.17) is 16.3 Å². The lowest BCUT2D eigenvalue weighted by molar-refractivity contribution is -0.0920. The van der Waals surface area contributed by atoms with E-state index in [0.717, 1.165) is 31.1 Å². The highest BCUT2D eigenvalue weighted by Crippen LogP contribution is 2.25. The molecule has 2 saturated heterocycles. The maximum absolute atomic E-state index is 6.24. The zero-order chi connectivity index (χ0) is 18.6. The molecule has 0 aliphatic carbocycles. The number of hydrogen-bond acceptors (Lipinski definition) is 5. The lowest BCUT2D eigenvalue weighted by Gasteiger charge is -2.46. The highest BCUT2D eigenvalue weighted by molar-refractivity contribution is 6.30. The largest absolute Gasteiger partial charge is 0.373 e. The molecule has 2 atom stereocenters. The van der Waals surface area contributed by atoms with Crippen LogP contribution in [0.2, 0.25) is 5.02 Å². The highest BCUT2D eigenvalue weighted by Gasteiger charge is 2.35. The van der Waals surface area contributed by atoms with Crippen LogP contribution >= 0.6 is 11.6 Å². The first-order valence-corrected chi connectivity index (χ1v) is 10.2. The number of halogens is 1. The second-order valence-corrected chi connectivity index (χ2v) is 8.22. The fourth-order valence-corrected chi connectivity index (χ4v) is 4.39. The van der Waals surface area contributed by atoms with Crippen molar-refractivity contribution in [1.29, 1.82) is 0 Å². The Morgan fingerprint density at radius 2 is 1.96 bits per heavy atom. The Morgan fingerprint density at radius 3 is 2.67 bits per heavy atom. The molecular weight excluding hydrogens is 362 g/mol. The summed E-state index contributed by atoms with van der Waals surface area (Å²) in [6.45, 7) is 4.81. The minimum absolute atomic E-state index is 0.160. The Balaban J connectivity index is 1.46. The van der Waals surface area contributed by atoms with E-state index in [1.807, 2.05) is 16.8 Å². The minimum atomic E-state index is 0.160. The van der Waals surface area contributed by atoms with E-state index < -0.39 is 0 Å². The molecule has 0 N–H and O–H groups in total. The molecule has 27 heavy (non-hydrogen) atoms. The van der Waals surface area contributed by atoms with Gasteiger partial charge < -0.3 is 9.64 Å². The quantitative estimate of drug-likeness (QED) is 0.785. The average Bonchev–Trinajstić information content (AvgIpc) is 3.18. The molecule has 0 radical (unpaired) electrons. The monoisotopic (exact) mass is 389 g/mol. The van der Waals surface area contributed by atoms with Crippen LogP contribution < -0.4 is 0 Å². The Labute approximate surface area is 166 Å². The first kappa shape index (κ1) is 18.9. The van der Waals surface area contributed by atoms with E-state index in [2.05, 4.69) is 39.1 Å². The van der Waals surface area contributed by atoms with Gasteiger partial charge in [-0.15, -0.1) is 0 Å². The maximum atomic E-state index is 6.24. The lowest BCUT2D eigenvalue weighted by atomic mass is 9.96. The third kappa shape index (κ3) is 4.88. The third-order valence-electron chi connectivity index (χ3n) is 5.81. The number of piperidine rings is 1. The molecule has 4 rings (SSSR count). The van der Waals surface area contributed by atoms with Crippen LogP contribution in [-0.2, 0) is 17.7 Å². The summed E-state index contributed by atoms with van der Waals surface area (Å²) in [6, 6.07) is 9.27. The van der Waals surface area contributed by atoms with E-state index in [1.54, 1.807) is 12.7 Å². The summed E-state index contributed by atoms with van der Waals surface area (Å²) in [6.07, 6.45) is 6.96. The zero-order valence-corrected chi connectivity index (χ0v) is 16.6. The fraction of sp³-hybridized carbons (Fsp3) is 0.600. The summed E-state index contributed by atoms with van der Waals surface area (Å²) in [5, 5.41) is 5.03. The summed E-state index contributed by atoms with van der Waals surface area (Å²) in [7, 11) is 2.22. The van der Waals surface area contributed by atoms with Crippen LogP contribution in [0.4, 0.5) is 0 Å². The number of hydrogen-bond donors (Lipinski definition) is 0. The van der Waals surface area contributed by atoms with Crippen LogP contribution in [0.5, 0.6) is 0 Å². The van der Waals surface area contributed by atoms with Gasteiger partial charge in [-0.05, 0) is 57.1 Å². The van der Waals surface area contributed by atoms with Gasteiger partial charge in [0, 0.05) is 23.7 Å². The van der Waals surface area contributed by atoms with Gasteiger partial charge in [0.2, 0.25) is 0 Å². The van der Waals surface area contributed by atoms with Crippen molar-refractivity contribution in [3.05, 3.63) is 47.5 Å². The molecule has 2 aromatic rings. The van der Waals surface area contributed by atoms with Crippen molar-refractivity contribution in [2.24, 2.45) is 0 Å². The number of morpholine rings is 1. The molecule has 0 amide bonds. The molecule has 0 unspecified atom stereocenters. The number of likely N-dealkylation sites (tertiary alicyclic amines) is 1. The molecule has 1 aromatic heterocycles. The average molecular weight is 390 g/mol. The standard InChI is InChI=1S/C20H28ClN5O/c1-24-8-6-18(7-9-24)26-12-20(11-25-15-22-14-23-25)27-13-19(26)10-16-2-4-17(21)5-3-16/h2-5,14-15,18-20H,6-13H2,1H3/t19-,20-/m0/s1. The number of benzene rings is 1. The molecule has 0 spiro atoms. The van der Waals surface area contributed by atoms with E-state index in [-0.39, 0.29) is 6.10 Å². The van der Waals surface area contributed by atoms with Gasteiger partial charge in [0.25, 0.3) is 0 Å². The molecule has 2 aliphatic heterocycles. The maximum Gasteiger partial charge on any atom is 0.137 e. The van der Waals surface area contributed by atoms with E-state index >= 15 is 0 Å². The van der Waals surface area contributed by atoms with Gasteiger partial charge in [-0.1, -0.05) is 23.7 Å². The number of ether oxygens (including phenoxy) is 1. The van der Waals surface area contributed by atoms with Gasteiger partial charge in [-0.3, -0.25) is 9.58 Å². The third-order valence-corrected chi connectivity index (χ3v) is 6.06. The van der Waals surface area contributed by atoms with Gasteiger partial charge in [0.05, 0.1) is 19.3 Å². The smallest absolute Gasteiger partial charge is 0.137 e. The number of aromatic nitrogens is 3. The van der Waals surface area contributed by atoms with Gasteiger partial charge >= 0.3 is 0 Å². The van der Waals surface area contributed by atoms with Crippen molar-refractivity contribution in [3.8, 4) is 0 Å². The first-order chi connectivity index (χ1) is 13.2. The van der Waals surface area contributed by atoms with E-state index in [1.165, 1.54) is 31.5 Å². The van der Waals surface area contributed by atoms with Crippen LogP contribution in [0, 0.1) is 0 Å². The molecule has 7 heteroatoms. The lowest BCUT2D eigenvalue weighted by Crippen LogP contribution is -2.57. The normalized spacial score (nSPS) is 25.7. The van der Waals surface area contributed by atoms with Crippen LogP contribution in [0.15, 0.2) is 36.9 Å². The van der Waals surface area contributed by atoms with Crippen molar-refractivity contribution < 1.29 is 4.74 Å². The topological polar surface area (TPSA) is 46.4 Å². The summed E-state index contributed by atoms with van der Waals surface area (Å²) in [5.74, 6) is 0. The van der Waals surface area contributed by atoms with Gasteiger partial charge in [0.15, 0.2) is 0 Å². The molecule has 1 aromatic carbocycles. The Bertz CT molecular complexity index is 700. The Morgan fingerprint density at radius 1 is 1.19 bits per heavy atom. The Kier molecular flexibility index (Phi) is 6.08. The summed E-state index contributed by atoms with van der Waals surface area (Å²) in [4.78, 5) is 9.18. The first-order valence-electron chi connectivity index (χ1n) is 9.80. The second-order valence-electron chi connectivity index (χ2n) is 7.79. The summed E-state index contributed by atoms with van der Waals surface area (Å²) < 4.78 is 8.11. The number of nitrogens with zero attached hydrogens (tertiary/aromatic N) is 5. The number of rotatable bonds is 5. The molecular formula is C20H28ClN5O. The predicted octanol–water partition coefficient (Wildman–Crippen LogP) is 2.34. The van der Waals surface area contributed by atoms with Crippen LogP contribution in [0.1, 0.15) is 18.4 Å². The fourth-order valence-electron chi connectivity index (χ4n) is 4.27. The molecule has 0 saturated carbocycles. The van der Waals surface area contributed by atoms with Gasteiger partial charge in [-0.25, -0.2) is 4.98 Å². The molecule has 3 heterocycles. The van der Waals surface area contributed by atoms with Gasteiger partial charge in [-0.2, -0.15) is 5.10 Å². The molecule has 6 nitrogen and oxygen atoms in total. The summed E-state index contributed by atoms with van der Waals surface area (Å²) >= 11 is 6.05. The summed E-state index contributed by atoms with van der Waals surface area (Å²) in [5.41, 5.74) is 1.32. The van der Waals surface area contributed by atoms with Gasteiger partial charge in [0.1, 0.15) is 12.7 Å². The van der Waals surface area contributed by atoms with E-state index in [9.17, 15) is 0 Å².